The third-order valence-electron chi connectivity index (χ3n) is 10.3. The molecule has 0 saturated heterocycles. The number of hydrogen-bond donors (Lipinski definition) is 0. The molecule has 0 bridgehead atoms. The number of nitrogens with zero attached hydrogens (tertiary/aromatic N) is 2. The molecule has 2 nitrogen and oxygen atoms in total. The Morgan fingerprint density at radius 3 is 1.93 bits per heavy atom. The van der Waals surface area contributed by atoms with Crippen molar-refractivity contribution < 1.29 is 9.13 Å². The number of fused-ring (bicyclic) bond motifs is 9. The molecule has 0 radical (unpaired) electrons. The SMILES string of the molecule is c1ccc2c(c1)-c1ccccc1C21c2cccc3c2C2(c4c1ccc1ccc5ccc[n+]2c5c41)[n+]1ccccc1-3. The summed E-state index contributed by atoms with van der Waals surface area (Å²) in [5.74, 6) is 0. The quantitative estimate of drug-likeness (QED) is 0.157. The van der Waals surface area contributed by atoms with Gasteiger partial charge in [-0.2, -0.15) is 0 Å². The highest BCUT2D eigenvalue weighted by molar-refractivity contribution is 6.09. The lowest BCUT2D eigenvalue weighted by atomic mass is 9.58. The number of aromatic nitrogens is 2. The van der Waals surface area contributed by atoms with Crippen LogP contribution in [0.15, 0.2) is 134 Å². The van der Waals surface area contributed by atoms with E-state index in [1.165, 1.54) is 77.4 Å². The van der Waals surface area contributed by atoms with Gasteiger partial charge in [-0.3, -0.25) is 0 Å². The van der Waals surface area contributed by atoms with Crippen molar-refractivity contribution in [2.75, 3.05) is 0 Å². The van der Waals surface area contributed by atoms with Crippen molar-refractivity contribution in [3.8, 4) is 22.4 Å². The zero-order chi connectivity index (χ0) is 25.8. The maximum Gasteiger partial charge on any atom is 0.418 e. The van der Waals surface area contributed by atoms with Gasteiger partial charge in [-0.15, -0.1) is 9.13 Å². The van der Waals surface area contributed by atoms with Crippen molar-refractivity contribution >= 4 is 21.7 Å². The minimum absolute atomic E-state index is 0.390. The molecular weight excluding hydrogens is 484 g/mol. The summed E-state index contributed by atoms with van der Waals surface area (Å²) in [6.45, 7) is 0. The molecule has 4 heterocycles. The largest absolute Gasteiger partial charge is 0.418 e. The first-order valence-electron chi connectivity index (χ1n) is 14.1. The van der Waals surface area contributed by atoms with E-state index in [4.69, 9.17) is 0 Å². The number of hydrogen-bond acceptors (Lipinski definition) is 0. The number of benzene rings is 5. The molecule has 4 aliphatic rings. The van der Waals surface area contributed by atoms with Gasteiger partial charge < -0.3 is 0 Å². The molecule has 0 amide bonds. The van der Waals surface area contributed by atoms with Crippen LogP contribution in [0.25, 0.3) is 44.1 Å². The number of pyridine rings is 2. The fourth-order valence-electron chi connectivity index (χ4n) is 9.14. The summed E-state index contributed by atoms with van der Waals surface area (Å²) in [5, 5.41) is 3.99. The Morgan fingerprint density at radius 1 is 0.425 bits per heavy atom. The zero-order valence-corrected chi connectivity index (χ0v) is 21.6. The molecule has 5 aromatic carbocycles. The smallest absolute Gasteiger partial charge is 0.126 e. The van der Waals surface area contributed by atoms with Crippen LogP contribution >= 0.6 is 0 Å². The standard InChI is InChI=1S/C38H22N2/c1-3-13-28-25(10-1)26-11-2-4-14-29(26)37(28)30-15-7-12-27-32-16-5-6-21-39(32)38(34(27)30)35-31(37)20-19-23-17-18-24-9-8-22-40(38)36(24)33(23)35/h1-22H/q+2. The first-order valence-corrected chi connectivity index (χ1v) is 14.1. The van der Waals surface area contributed by atoms with E-state index in [9.17, 15) is 0 Å². The first kappa shape index (κ1) is 19.9. The van der Waals surface area contributed by atoms with Gasteiger partial charge in [0.05, 0.1) is 16.4 Å². The average molecular weight is 507 g/mol. The molecular formula is C38H22N2+2. The predicted molar refractivity (Wildman–Crippen MR) is 156 cm³/mol. The second-order valence-corrected chi connectivity index (χ2v) is 11.7. The molecule has 2 heteroatoms. The predicted octanol–water partition coefficient (Wildman–Crippen LogP) is 6.84. The Morgan fingerprint density at radius 2 is 1.07 bits per heavy atom. The highest BCUT2D eigenvalue weighted by Gasteiger charge is 2.72. The molecule has 40 heavy (non-hydrogen) atoms. The molecule has 2 aliphatic carbocycles. The van der Waals surface area contributed by atoms with Gasteiger partial charge in [0.2, 0.25) is 11.2 Å². The Kier molecular flexibility index (Phi) is 3.09. The van der Waals surface area contributed by atoms with Crippen molar-refractivity contribution in [3.63, 3.8) is 0 Å². The van der Waals surface area contributed by atoms with Crippen LogP contribution in [0.5, 0.6) is 0 Å². The Labute approximate surface area is 231 Å². The summed E-state index contributed by atoms with van der Waals surface area (Å²) in [4.78, 5) is 0. The monoisotopic (exact) mass is 506 g/mol. The molecule has 2 aromatic heterocycles. The molecule has 2 aliphatic heterocycles. The summed E-state index contributed by atoms with van der Waals surface area (Å²) < 4.78 is 5.14. The van der Waals surface area contributed by atoms with E-state index in [1.54, 1.807) is 0 Å². The topological polar surface area (TPSA) is 7.76 Å². The summed E-state index contributed by atoms with van der Waals surface area (Å²) in [7, 11) is 0. The van der Waals surface area contributed by atoms with Gasteiger partial charge in [-0.25, -0.2) is 0 Å². The average Bonchev–Trinajstić information content (AvgIpc) is 3.62. The van der Waals surface area contributed by atoms with Gasteiger partial charge in [0.25, 0.3) is 0 Å². The second-order valence-electron chi connectivity index (χ2n) is 11.7. The molecule has 2 spiro atoms. The summed E-state index contributed by atoms with van der Waals surface area (Å²) >= 11 is 0. The van der Waals surface area contributed by atoms with Crippen molar-refractivity contribution in [2.24, 2.45) is 0 Å². The van der Waals surface area contributed by atoms with Crippen LogP contribution < -0.4 is 9.13 Å². The van der Waals surface area contributed by atoms with Crippen LogP contribution in [0.3, 0.4) is 0 Å². The van der Waals surface area contributed by atoms with Crippen molar-refractivity contribution in [3.05, 3.63) is 167 Å². The first-order chi connectivity index (χ1) is 19.9. The fourth-order valence-corrected chi connectivity index (χ4v) is 9.14. The molecule has 182 valence electrons. The van der Waals surface area contributed by atoms with Gasteiger partial charge in [0, 0.05) is 23.6 Å². The molecule has 0 N–H and O–H groups in total. The molecule has 7 aromatic rings. The lowest BCUT2D eigenvalue weighted by molar-refractivity contribution is -0.950. The minimum atomic E-state index is -0.474. The Bertz CT molecular complexity index is 2300. The summed E-state index contributed by atoms with van der Waals surface area (Å²) in [5.41, 5.74) is 14.2. The third-order valence-corrected chi connectivity index (χ3v) is 10.3. The normalized spacial score (nSPS) is 18.8. The molecule has 1 atom stereocenters. The molecule has 0 saturated carbocycles. The van der Waals surface area contributed by atoms with E-state index in [2.05, 4.69) is 143 Å². The molecule has 1 unspecified atom stereocenters. The van der Waals surface area contributed by atoms with Crippen LogP contribution in [-0.4, -0.2) is 0 Å². The lowest BCUT2D eigenvalue weighted by Crippen LogP contribution is -2.73. The molecule has 11 rings (SSSR count). The van der Waals surface area contributed by atoms with Crippen LogP contribution in [0.4, 0.5) is 0 Å². The van der Waals surface area contributed by atoms with E-state index in [-0.39, 0.29) is 5.41 Å². The van der Waals surface area contributed by atoms with Gasteiger partial charge in [-0.1, -0.05) is 78.9 Å². The van der Waals surface area contributed by atoms with E-state index in [0.717, 1.165) is 0 Å². The fraction of sp³-hybridized carbons (Fsp3) is 0.0526. The highest BCUT2D eigenvalue weighted by Crippen LogP contribution is 2.65. The van der Waals surface area contributed by atoms with Gasteiger partial charge in [0.1, 0.15) is 11.1 Å². The van der Waals surface area contributed by atoms with Crippen LogP contribution in [0.1, 0.15) is 33.4 Å². The van der Waals surface area contributed by atoms with Gasteiger partial charge >= 0.3 is 5.66 Å². The Balaban J connectivity index is 1.49. The highest BCUT2D eigenvalue weighted by atomic mass is 15.3. The summed E-state index contributed by atoms with van der Waals surface area (Å²) in [6.07, 6.45) is 4.61. The van der Waals surface area contributed by atoms with Crippen LogP contribution in [-0.2, 0) is 11.1 Å². The maximum atomic E-state index is 2.59. The van der Waals surface area contributed by atoms with Crippen molar-refractivity contribution in [1.29, 1.82) is 0 Å². The maximum absolute atomic E-state index is 2.59. The molecule has 0 fully saturated rings. The van der Waals surface area contributed by atoms with E-state index in [0.29, 0.717) is 0 Å². The van der Waals surface area contributed by atoms with Crippen molar-refractivity contribution in [2.45, 2.75) is 11.1 Å². The van der Waals surface area contributed by atoms with E-state index >= 15 is 0 Å². The van der Waals surface area contributed by atoms with E-state index < -0.39 is 5.66 Å². The van der Waals surface area contributed by atoms with Crippen LogP contribution in [0, 0.1) is 0 Å². The summed E-state index contributed by atoms with van der Waals surface area (Å²) in [6, 6.07) is 45.9. The second kappa shape index (κ2) is 6.21. The third kappa shape index (κ3) is 1.76. The van der Waals surface area contributed by atoms with Crippen molar-refractivity contribution in [1.82, 2.24) is 0 Å². The lowest BCUT2D eigenvalue weighted by Gasteiger charge is -2.41. The zero-order valence-electron chi connectivity index (χ0n) is 21.6. The van der Waals surface area contributed by atoms with Gasteiger partial charge in [0.15, 0.2) is 12.4 Å². The van der Waals surface area contributed by atoms with Gasteiger partial charge in [-0.05, 0) is 63.0 Å². The van der Waals surface area contributed by atoms with Crippen LogP contribution in [0.2, 0.25) is 0 Å². The van der Waals surface area contributed by atoms with E-state index in [1.807, 2.05) is 0 Å². The number of rotatable bonds is 0. The Hall–Kier alpha value is -5.08. The minimum Gasteiger partial charge on any atom is -0.126 e.